The second-order valence-electron chi connectivity index (χ2n) is 5.07. The lowest BCUT2D eigenvalue weighted by atomic mass is 9.93. The van der Waals surface area contributed by atoms with Crippen molar-refractivity contribution in [3.63, 3.8) is 0 Å². The summed E-state index contributed by atoms with van der Waals surface area (Å²) in [7, 11) is 0. The molecule has 1 aromatic rings. The molecule has 1 aromatic carbocycles. The maximum absolute atomic E-state index is 13.2. The molecule has 2 rings (SSSR count). The summed E-state index contributed by atoms with van der Waals surface area (Å²) in [5.74, 6) is 0.465. The number of hydrogen-bond donors (Lipinski definition) is 1. The molecule has 100 valence electrons. The molecule has 2 atom stereocenters. The van der Waals surface area contributed by atoms with E-state index >= 15 is 0 Å². The lowest BCUT2D eigenvalue weighted by molar-refractivity contribution is 0.134. The Bertz CT molecular complexity index is 392. The molecule has 1 saturated carbocycles. The highest BCUT2D eigenvalue weighted by atomic mass is 19.1. The van der Waals surface area contributed by atoms with Crippen molar-refractivity contribution < 1.29 is 9.13 Å². The van der Waals surface area contributed by atoms with Crippen LogP contribution < -0.4 is 10.1 Å². The Kier molecular flexibility index (Phi) is 4.59. The molecule has 0 radical (unpaired) electrons. The largest absolute Gasteiger partial charge is 0.490 e. The molecule has 1 N–H and O–H groups in total. The molecule has 1 aliphatic carbocycles. The topological polar surface area (TPSA) is 21.3 Å². The molecular formula is C15H22FNO. The number of hydrogen-bond acceptors (Lipinski definition) is 2. The van der Waals surface area contributed by atoms with Crippen molar-refractivity contribution in [1.82, 2.24) is 5.32 Å². The van der Waals surface area contributed by atoms with E-state index < -0.39 is 0 Å². The van der Waals surface area contributed by atoms with Gasteiger partial charge >= 0.3 is 0 Å². The van der Waals surface area contributed by atoms with Crippen molar-refractivity contribution in [2.24, 2.45) is 0 Å². The van der Waals surface area contributed by atoms with Crippen molar-refractivity contribution in [3.05, 3.63) is 29.6 Å². The van der Waals surface area contributed by atoms with Crippen molar-refractivity contribution in [2.75, 3.05) is 6.54 Å². The van der Waals surface area contributed by atoms with Crippen LogP contribution in [0.15, 0.2) is 18.2 Å². The first-order chi connectivity index (χ1) is 8.69. The number of halogens is 1. The first-order valence-corrected chi connectivity index (χ1v) is 6.85. The second-order valence-corrected chi connectivity index (χ2v) is 5.07. The number of benzene rings is 1. The Morgan fingerprint density at radius 3 is 3.00 bits per heavy atom. The Hall–Kier alpha value is -1.09. The van der Waals surface area contributed by atoms with E-state index in [0.717, 1.165) is 24.9 Å². The Morgan fingerprint density at radius 2 is 2.22 bits per heavy atom. The molecule has 2 nitrogen and oxygen atoms in total. The van der Waals surface area contributed by atoms with Gasteiger partial charge in [-0.05, 0) is 50.8 Å². The van der Waals surface area contributed by atoms with Gasteiger partial charge in [-0.2, -0.15) is 0 Å². The molecule has 1 fully saturated rings. The third-order valence-electron chi connectivity index (χ3n) is 3.56. The molecule has 0 amide bonds. The average Bonchev–Trinajstić information content (AvgIpc) is 2.35. The third kappa shape index (κ3) is 3.45. The van der Waals surface area contributed by atoms with Gasteiger partial charge in [-0.1, -0.05) is 13.0 Å². The van der Waals surface area contributed by atoms with Gasteiger partial charge in [-0.15, -0.1) is 0 Å². The Labute approximate surface area is 109 Å². The van der Waals surface area contributed by atoms with Crippen LogP contribution in [0.3, 0.4) is 0 Å². The molecule has 1 aliphatic rings. The fourth-order valence-electron chi connectivity index (χ4n) is 2.61. The smallest absolute Gasteiger partial charge is 0.126 e. The summed E-state index contributed by atoms with van der Waals surface area (Å²) in [6.07, 6.45) is 4.69. The van der Waals surface area contributed by atoms with Crippen LogP contribution in [0, 0.1) is 12.7 Å². The van der Waals surface area contributed by atoms with Gasteiger partial charge in [0.1, 0.15) is 17.7 Å². The van der Waals surface area contributed by atoms with E-state index in [1.54, 1.807) is 6.07 Å². The zero-order chi connectivity index (χ0) is 13.0. The van der Waals surface area contributed by atoms with Gasteiger partial charge in [0.05, 0.1) is 0 Å². The Morgan fingerprint density at radius 1 is 1.39 bits per heavy atom. The van der Waals surface area contributed by atoms with Crippen LogP contribution in [-0.2, 0) is 0 Å². The molecular weight excluding hydrogens is 229 g/mol. The van der Waals surface area contributed by atoms with E-state index in [-0.39, 0.29) is 11.9 Å². The summed E-state index contributed by atoms with van der Waals surface area (Å²) in [6.45, 7) is 5.08. The van der Waals surface area contributed by atoms with E-state index in [9.17, 15) is 4.39 Å². The molecule has 3 heteroatoms. The summed E-state index contributed by atoms with van der Waals surface area (Å²) in [5, 5.41) is 3.47. The van der Waals surface area contributed by atoms with Crippen LogP contribution in [0.2, 0.25) is 0 Å². The molecule has 0 spiro atoms. The Balaban J connectivity index is 1.98. The van der Waals surface area contributed by atoms with E-state index in [1.165, 1.54) is 25.0 Å². The maximum atomic E-state index is 13.2. The van der Waals surface area contributed by atoms with Crippen molar-refractivity contribution in [1.29, 1.82) is 0 Å². The fourth-order valence-corrected chi connectivity index (χ4v) is 2.61. The summed E-state index contributed by atoms with van der Waals surface area (Å²) in [5.41, 5.74) is 1.00. The lowest BCUT2D eigenvalue weighted by Crippen LogP contribution is -2.38. The highest BCUT2D eigenvalue weighted by molar-refractivity contribution is 5.32. The van der Waals surface area contributed by atoms with E-state index in [0.29, 0.717) is 11.8 Å². The standard InChI is InChI=1S/C15H22FNO/c1-3-17-13-5-4-6-14(10-13)18-15-9-12(16)8-7-11(15)2/h7-9,13-14,17H,3-6,10H2,1-2H3. The third-order valence-corrected chi connectivity index (χ3v) is 3.56. The van der Waals surface area contributed by atoms with Crippen LogP contribution in [0.5, 0.6) is 5.75 Å². The monoisotopic (exact) mass is 251 g/mol. The first kappa shape index (κ1) is 13.3. The van der Waals surface area contributed by atoms with Crippen LogP contribution in [-0.4, -0.2) is 18.7 Å². The zero-order valence-electron chi connectivity index (χ0n) is 11.2. The fraction of sp³-hybridized carbons (Fsp3) is 0.600. The molecule has 2 unspecified atom stereocenters. The predicted molar refractivity (Wildman–Crippen MR) is 71.5 cm³/mol. The molecule has 0 aromatic heterocycles. The van der Waals surface area contributed by atoms with Crippen LogP contribution in [0.4, 0.5) is 4.39 Å². The van der Waals surface area contributed by atoms with Crippen LogP contribution >= 0.6 is 0 Å². The second kappa shape index (κ2) is 6.19. The lowest BCUT2D eigenvalue weighted by Gasteiger charge is -2.30. The molecule has 0 aliphatic heterocycles. The summed E-state index contributed by atoms with van der Waals surface area (Å²) >= 11 is 0. The minimum Gasteiger partial charge on any atom is -0.490 e. The highest BCUT2D eigenvalue weighted by Gasteiger charge is 2.23. The van der Waals surface area contributed by atoms with Crippen molar-refractivity contribution >= 4 is 0 Å². The van der Waals surface area contributed by atoms with Gasteiger partial charge in [0, 0.05) is 12.1 Å². The number of rotatable bonds is 4. The molecule has 0 bridgehead atoms. The molecule has 0 saturated heterocycles. The normalized spacial score (nSPS) is 23.9. The highest BCUT2D eigenvalue weighted by Crippen LogP contribution is 2.26. The average molecular weight is 251 g/mol. The van der Waals surface area contributed by atoms with Crippen LogP contribution in [0.25, 0.3) is 0 Å². The summed E-state index contributed by atoms with van der Waals surface area (Å²) < 4.78 is 19.2. The number of ether oxygens (including phenoxy) is 1. The van der Waals surface area contributed by atoms with Crippen molar-refractivity contribution in [3.8, 4) is 5.75 Å². The van der Waals surface area contributed by atoms with Gasteiger partial charge in [-0.25, -0.2) is 4.39 Å². The van der Waals surface area contributed by atoms with Gasteiger partial charge < -0.3 is 10.1 Å². The SMILES string of the molecule is CCNC1CCCC(Oc2cc(F)ccc2C)C1. The van der Waals surface area contributed by atoms with Gasteiger partial charge in [-0.3, -0.25) is 0 Å². The number of nitrogens with one attached hydrogen (secondary N) is 1. The van der Waals surface area contributed by atoms with E-state index in [4.69, 9.17) is 4.74 Å². The quantitative estimate of drug-likeness (QED) is 0.885. The number of aryl methyl sites for hydroxylation is 1. The summed E-state index contributed by atoms with van der Waals surface area (Å²) in [4.78, 5) is 0. The van der Waals surface area contributed by atoms with Gasteiger partial charge in [0.25, 0.3) is 0 Å². The van der Waals surface area contributed by atoms with E-state index in [1.807, 2.05) is 6.92 Å². The first-order valence-electron chi connectivity index (χ1n) is 6.85. The zero-order valence-corrected chi connectivity index (χ0v) is 11.2. The van der Waals surface area contributed by atoms with Crippen molar-refractivity contribution in [2.45, 2.75) is 51.7 Å². The minimum absolute atomic E-state index is 0.211. The van der Waals surface area contributed by atoms with Crippen LogP contribution in [0.1, 0.15) is 38.2 Å². The predicted octanol–water partition coefficient (Wildman–Crippen LogP) is 3.43. The molecule has 0 heterocycles. The minimum atomic E-state index is -0.227. The summed E-state index contributed by atoms with van der Waals surface area (Å²) in [6, 6.07) is 5.29. The van der Waals surface area contributed by atoms with Gasteiger partial charge in [0.2, 0.25) is 0 Å². The maximum Gasteiger partial charge on any atom is 0.126 e. The molecule has 18 heavy (non-hydrogen) atoms. The van der Waals surface area contributed by atoms with Gasteiger partial charge in [0.15, 0.2) is 0 Å². The van der Waals surface area contributed by atoms with E-state index in [2.05, 4.69) is 12.2 Å².